The Bertz CT molecular complexity index is 538. The topological polar surface area (TPSA) is 23.5 Å². The van der Waals surface area contributed by atoms with Crippen molar-refractivity contribution in [2.45, 2.75) is 56.2 Å². The third kappa shape index (κ3) is 3.04. The van der Waals surface area contributed by atoms with E-state index in [4.69, 9.17) is 0 Å². The molecule has 1 aliphatic carbocycles. The van der Waals surface area contributed by atoms with Crippen molar-refractivity contribution < 1.29 is 5.11 Å². The molecular weight excluding hydrogens is 270 g/mol. The Kier molecular flexibility index (Phi) is 4.51. The second-order valence-corrected chi connectivity index (χ2v) is 6.89. The number of allylic oxidation sites excluding steroid dienone is 8. The first-order valence-electron chi connectivity index (χ1n) is 8.41. The molecule has 0 radical (unpaired) electrons. The van der Waals surface area contributed by atoms with Crippen molar-refractivity contribution in [2.24, 2.45) is 0 Å². The van der Waals surface area contributed by atoms with E-state index in [1.807, 2.05) is 12.2 Å². The maximum absolute atomic E-state index is 11.3. The van der Waals surface area contributed by atoms with Crippen molar-refractivity contribution >= 4 is 0 Å². The highest BCUT2D eigenvalue weighted by Crippen LogP contribution is 2.44. The van der Waals surface area contributed by atoms with Crippen LogP contribution in [0.4, 0.5) is 0 Å². The molecule has 2 saturated heterocycles. The van der Waals surface area contributed by atoms with Gasteiger partial charge < -0.3 is 10.0 Å². The van der Waals surface area contributed by atoms with Crippen LogP contribution >= 0.6 is 0 Å². The number of fused-ring (bicyclic) bond motifs is 2. The molecule has 2 aliphatic heterocycles. The predicted octanol–water partition coefficient (Wildman–Crippen LogP) is 3.92. The summed E-state index contributed by atoms with van der Waals surface area (Å²) in [6.07, 6.45) is 20.6. The largest absolute Gasteiger partial charge is 0.385 e. The summed E-state index contributed by atoms with van der Waals surface area (Å²) in [5.41, 5.74) is 1.80. The summed E-state index contributed by atoms with van der Waals surface area (Å²) in [7, 11) is 2.21. The molecule has 2 heteroatoms. The summed E-state index contributed by atoms with van der Waals surface area (Å²) in [4.78, 5) is 2.47. The number of piperidine rings is 1. The van der Waals surface area contributed by atoms with Gasteiger partial charge in [0.15, 0.2) is 0 Å². The molecule has 0 saturated carbocycles. The van der Waals surface area contributed by atoms with Crippen LogP contribution < -0.4 is 0 Å². The average Bonchev–Trinajstić information content (AvgIpc) is 2.75. The van der Waals surface area contributed by atoms with Gasteiger partial charge in [-0.2, -0.15) is 0 Å². The van der Waals surface area contributed by atoms with Crippen LogP contribution in [0.2, 0.25) is 0 Å². The molecule has 0 aromatic carbocycles. The Hall–Kier alpha value is -1.38. The van der Waals surface area contributed by atoms with Crippen LogP contribution in [0.3, 0.4) is 0 Å². The first kappa shape index (κ1) is 15.5. The normalized spacial score (nSPS) is 37.0. The highest BCUT2D eigenvalue weighted by atomic mass is 16.3. The molecule has 22 heavy (non-hydrogen) atoms. The van der Waals surface area contributed by atoms with E-state index in [1.54, 1.807) is 0 Å². The number of nitrogens with zero attached hydrogens (tertiary/aromatic N) is 1. The zero-order valence-electron chi connectivity index (χ0n) is 13.5. The van der Waals surface area contributed by atoms with Crippen LogP contribution in [0.15, 0.2) is 60.3 Å². The lowest BCUT2D eigenvalue weighted by atomic mass is 9.78. The van der Waals surface area contributed by atoms with Crippen LogP contribution in [-0.2, 0) is 0 Å². The molecule has 2 unspecified atom stereocenters. The standard InChI is InChI=1S/C20H27NO/c1-3-7-17(11-10-16-8-5-4-6-9-16)20(22)14-18-12-13-19(15-20)21(18)2/h3-8,10,18-19,22H,1,9,11-15H2,2H3/b16-10-,17-7+. The third-order valence-corrected chi connectivity index (χ3v) is 5.54. The van der Waals surface area contributed by atoms with Gasteiger partial charge in [-0.25, -0.2) is 0 Å². The van der Waals surface area contributed by atoms with Gasteiger partial charge in [0.05, 0.1) is 5.60 Å². The Balaban J connectivity index is 1.76. The highest BCUT2D eigenvalue weighted by molar-refractivity contribution is 5.33. The van der Waals surface area contributed by atoms with Gasteiger partial charge in [-0.3, -0.25) is 0 Å². The van der Waals surface area contributed by atoms with Crippen molar-refractivity contribution in [3.63, 3.8) is 0 Å². The highest BCUT2D eigenvalue weighted by Gasteiger charge is 2.47. The minimum atomic E-state index is -0.655. The summed E-state index contributed by atoms with van der Waals surface area (Å²) in [5.74, 6) is 0. The molecular formula is C20H27NO. The molecule has 2 nitrogen and oxygen atoms in total. The second-order valence-electron chi connectivity index (χ2n) is 6.89. The smallest absolute Gasteiger partial charge is 0.0892 e. The quantitative estimate of drug-likeness (QED) is 0.795. The Labute approximate surface area is 134 Å². The van der Waals surface area contributed by atoms with E-state index in [2.05, 4.69) is 48.9 Å². The van der Waals surface area contributed by atoms with Gasteiger partial charge in [0, 0.05) is 12.1 Å². The van der Waals surface area contributed by atoms with Gasteiger partial charge in [-0.05, 0) is 56.7 Å². The van der Waals surface area contributed by atoms with Gasteiger partial charge in [0.2, 0.25) is 0 Å². The zero-order chi connectivity index (χ0) is 15.6. The second kappa shape index (κ2) is 6.39. The number of hydrogen-bond donors (Lipinski definition) is 1. The molecule has 0 aromatic heterocycles. The van der Waals surface area contributed by atoms with Crippen molar-refractivity contribution in [1.29, 1.82) is 0 Å². The summed E-state index contributed by atoms with van der Waals surface area (Å²) in [5, 5.41) is 11.3. The minimum Gasteiger partial charge on any atom is -0.385 e. The fourth-order valence-corrected chi connectivity index (χ4v) is 4.19. The zero-order valence-corrected chi connectivity index (χ0v) is 13.5. The molecule has 2 bridgehead atoms. The molecule has 0 spiro atoms. The number of rotatable bonds is 4. The molecule has 2 heterocycles. The number of aliphatic hydroxyl groups is 1. The molecule has 3 aliphatic rings. The van der Waals surface area contributed by atoms with E-state index < -0.39 is 5.60 Å². The predicted molar refractivity (Wildman–Crippen MR) is 92.6 cm³/mol. The average molecular weight is 297 g/mol. The maximum Gasteiger partial charge on any atom is 0.0892 e. The van der Waals surface area contributed by atoms with Crippen molar-refractivity contribution in [2.75, 3.05) is 7.05 Å². The van der Waals surface area contributed by atoms with E-state index in [0.717, 1.165) is 31.3 Å². The molecule has 1 N–H and O–H groups in total. The molecule has 118 valence electrons. The van der Waals surface area contributed by atoms with E-state index in [1.165, 1.54) is 18.4 Å². The maximum atomic E-state index is 11.3. The van der Waals surface area contributed by atoms with E-state index in [0.29, 0.717) is 12.1 Å². The van der Waals surface area contributed by atoms with Crippen LogP contribution in [0.1, 0.15) is 38.5 Å². The Morgan fingerprint density at radius 3 is 2.68 bits per heavy atom. The molecule has 2 atom stereocenters. The first-order valence-corrected chi connectivity index (χ1v) is 8.41. The van der Waals surface area contributed by atoms with Gasteiger partial charge in [0.25, 0.3) is 0 Å². The van der Waals surface area contributed by atoms with E-state index >= 15 is 0 Å². The molecule has 2 fully saturated rings. The summed E-state index contributed by atoms with van der Waals surface area (Å²) < 4.78 is 0. The SMILES string of the molecule is C=C/C=C(\C/C=C1/C=CC=CC1)C1(O)CC2CCC(C1)N2C. The molecule has 0 aromatic rings. The third-order valence-electron chi connectivity index (χ3n) is 5.54. The summed E-state index contributed by atoms with van der Waals surface area (Å²) in [6, 6.07) is 1.06. The summed E-state index contributed by atoms with van der Waals surface area (Å²) >= 11 is 0. The van der Waals surface area contributed by atoms with Crippen molar-refractivity contribution in [3.05, 3.63) is 60.3 Å². The van der Waals surface area contributed by atoms with Crippen LogP contribution in [0.5, 0.6) is 0 Å². The van der Waals surface area contributed by atoms with Crippen molar-refractivity contribution in [3.8, 4) is 0 Å². The van der Waals surface area contributed by atoms with Crippen LogP contribution in [-0.4, -0.2) is 34.7 Å². The molecule has 3 rings (SSSR count). The van der Waals surface area contributed by atoms with Crippen LogP contribution in [0, 0.1) is 0 Å². The number of hydrogen-bond acceptors (Lipinski definition) is 2. The molecule has 0 amide bonds. The monoisotopic (exact) mass is 297 g/mol. The Morgan fingerprint density at radius 2 is 2.09 bits per heavy atom. The lowest BCUT2D eigenvalue weighted by Gasteiger charge is -2.43. The van der Waals surface area contributed by atoms with Gasteiger partial charge in [0.1, 0.15) is 0 Å². The van der Waals surface area contributed by atoms with E-state index in [9.17, 15) is 5.11 Å². The first-order chi connectivity index (χ1) is 10.6. The fraction of sp³-hybridized carbons (Fsp3) is 0.500. The van der Waals surface area contributed by atoms with Crippen LogP contribution in [0.25, 0.3) is 0 Å². The van der Waals surface area contributed by atoms with Gasteiger partial charge in [-0.15, -0.1) is 0 Å². The lowest BCUT2D eigenvalue weighted by Crippen LogP contribution is -2.50. The lowest BCUT2D eigenvalue weighted by molar-refractivity contribution is -0.0175. The van der Waals surface area contributed by atoms with Crippen molar-refractivity contribution in [1.82, 2.24) is 4.90 Å². The van der Waals surface area contributed by atoms with Gasteiger partial charge in [-0.1, -0.05) is 49.1 Å². The van der Waals surface area contributed by atoms with Gasteiger partial charge >= 0.3 is 0 Å². The summed E-state index contributed by atoms with van der Waals surface area (Å²) in [6.45, 7) is 3.85. The Morgan fingerprint density at radius 1 is 1.36 bits per heavy atom. The fourth-order valence-electron chi connectivity index (χ4n) is 4.19. The van der Waals surface area contributed by atoms with E-state index in [-0.39, 0.29) is 0 Å². The minimum absolute atomic E-state index is 0.530.